The fourth-order valence-electron chi connectivity index (χ4n) is 3.60. The van der Waals surface area contributed by atoms with Crippen LogP contribution in [0, 0.1) is 11.8 Å². The number of carbonyl (C=O) groups excluding carboxylic acids is 2. The van der Waals surface area contributed by atoms with Crippen LogP contribution in [0.4, 0.5) is 4.79 Å². The first kappa shape index (κ1) is 19.0. The largest absolute Gasteiger partial charge is 0.450 e. The van der Waals surface area contributed by atoms with Crippen LogP contribution in [0.1, 0.15) is 46.5 Å². The highest BCUT2D eigenvalue weighted by Crippen LogP contribution is 2.24. The van der Waals surface area contributed by atoms with Crippen LogP contribution in [-0.4, -0.2) is 67.2 Å². The van der Waals surface area contributed by atoms with Crippen LogP contribution in [0.2, 0.25) is 0 Å². The zero-order valence-corrected chi connectivity index (χ0v) is 15.4. The summed E-state index contributed by atoms with van der Waals surface area (Å²) in [4.78, 5) is 28.3. The topological polar surface area (TPSA) is 61.9 Å². The van der Waals surface area contributed by atoms with E-state index in [2.05, 4.69) is 24.1 Å². The molecular weight excluding hydrogens is 306 g/mol. The Bertz CT molecular complexity index is 412. The van der Waals surface area contributed by atoms with Crippen LogP contribution >= 0.6 is 0 Å². The molecule has 0 unspecified atom stereocenters. The van der Waals surface area contributed by atoms with E-state index in [4.69, 9.17) is 4.74 Å². The predicted octanol–water partition coefficient (Wildman–Crippen LogP) is 2.09. The second-order valence-electron chi connectivity index (χ2n) is 7.37. The molecule has 0 aromatic carbocycles. The smallest absolute Gasteiger partial charge is 0.409 e. The molecule has 6 nitrogen and oxygen atoms in total. The molecule has 2 saturated heterocycles. The van der Waals surface area contributed by atoms with E-state index < -0.39 is 0 Å². The number of carbonyl (C=O) groups is 2. The average Bonchev–Trinajstić information content (AvgIpc) is 2.60. The Hall–Kier alpha value is -1.30. The van der Waals surface area contributed by atoms with E-state index in [1.165, 1.54) is 0 Å². The highest BCUT2D eigenvalue weighted by Gasteiger charge is 2.31. The minimum atomic E-state index is -0.184. The molecule has 1 N–H and O–H groups in total. The molecule has 2 aliphatic heterocycles. The summed E-state index contributed by atoms with van der Waals surface area (Å²) in [5, 5.41) is 3.06. The van der Waals surface area contributed by atoms with E-state index in [1.807, 2.05) is 11.8 Å². The summed E-state index contributed by atoms with van der Waals surface area (Å²) in [6.45, 7) is 10.8. The van der Waals surface area contributed by atoms with Crippen LogP contribution in [0.15, 0.2) is 0 Å². The lowest BCUT2D eigenvalue weighted by Gasteiger charge is -2.41. The van der Waals surface area contributed by atoms with Gasteiger partial charge in [-0.25, -0.2) is 4.79 Å². The normalized spacial score (nSPS) is 21.1. The van der Waals surface area contributed by atoms with Gasteiger partial charge in [0.15, 0.2) is 0 Å². The van der Waals surface area contributed by atoms with Gasteiger partial charge in [-0.2, -0.15) is 0 Å². The van der Waals surface area contributed by atoms with Gasteiger partial charge >= 0.3 is 6.09 Å². The first-order valence-corrected chi connectivity index (χ1v) is 9.44. The van der Waals surface area contributed by atoms with Crippen LogP contribution in [0.25, 0.3) is 0 Å². The van der Waals surface area contributed by atoms with Crippen LogP contribution in [0.3, 0.4) is 0 Å². The number of amides is 2. The summed E-state index contributed by atoms with van der Waals surface area (Å²) in [6.07, 6.45) is 3.72. The van der Waals surface area contributed by atoms with E-state index in [-0.39, 0.29) is 17.9 Å². The van der Waals surface area contributed by atoms with Gasteiger partial charge in [-0.1, -0.05) is 13.8 Å². The molecule has 2 rings (SSSR count). The SMILES string of the molecule is CCOC(=O)N1CCC(N2CCC(C(=O)NCC(C)C)CC2)CC1. The van der Waals surface area contributed by atoms with E-state index in [1.54, 1.807) is 0 Å². The van der Waals surface area contributed by atoms with Crippen molar-refractivity contribution in [1.29, 1.82) is 0 Å². The minimum absolute atomic E-state index is 0.166. The van der Waals surface area contributed by atoms with Gasteiger partial charge in [0.05, 0.1) is 6.61 Å². The minimum Gasteiger partial charge on any atom is -0.450 e. The Kier molecular flexibility index (Phi) is 7.34. The fraction of sp³-hybridized carbons (Fsp3) is 0.889. The molecule has 138 valence electrons. The second kappa shape index (κ2) is 9.25. The summed E-state index contributed by atoms with van der Waals surface area (Å²) in [5.74, 6) is 0.888. The third kappa shape index (κ3) is 5.36. The van der Waals surface area contributed by atoms with Gasteiger partial charge in [0, 0.05) is 31.6 Å². The summed E-state index contributed by atoms with van der Waals surface area (Å²) >= 11 is 0. The highest BCUT2D eigenvalue weighted by atomic mass is 16.6. The van der Waals surface area contributed by atoms with E-state index in [0.29, 0.717) is 18.6 Å². The van der Waals surface area contributed by atoms with Gasteiger partial charge in [-0.05, 0) is 51.6 Å². The molecular formula is C18H33N3O3. The van der Waals surface area contributed by atoms with Crippen molar-refractivity contribution in [3.8, 4) is 0 Å². The molecule has 0 aromatic heterocycles. The monoisotopic (exact) mass is 339 g/mol. The summed E-state index contributed by atoms with van der Waals surface area (Å²) in [6, 6.07) is 0.537. The molecule has 6 heteroatoms. The molecule has 2 amide bonds. The molecule has 2 aliphatic rings. The van der Waals surface area contributed by atoms with Gasteiger partial charge in [-0.3, -0.25) is 4.79 Å². The van der Waals surface area contributed by atoms with Gasteiger partial charge in [0.1, 0.15) is 0 Å². The Labute approximate surface area is 145 Å². The van der Waals surface area contributed by atoms with Gasteiger partial charge < -0.3 is 19.9 Å². The highest BCUT2D eigenvalue weighted by molar-refractivity contribution is 5.78. The molecule has 0 bridgehead atoms. The lowest BCUT2D eigenvalue weighted by molar-refractivity contribution is -0.126. The molecule has 2 fully saturated rings. The zero-order valence-electron chi connectivity index (χ0n) is 15.4. The van der Waals surface area contributed by atoms with Crippen molar-refractivity contribution in [2.24, 2.45) is 11.8 Å². The van der Waals surface area contributed by atoms with Crippen molar-refractivity contribution in [1.82, 2.24) is 15.1 Å². The van der Waals surface area contributed by atoms with Gasteiger partial charge in [-0.15, -0.1) is 0 Å². The number of hydrogen-bond acceptors (Lipinski definition) is 4. The van der Waals surface area contributed by atoms with Crippen molar-refractivity contribution < 1.29 is 14.3 Å². The first-order chi connectivity index (χ1) is 11.5. The maximum atomic E-state index is 12.2. The van der Waals surface area contributed by atoms with Gasteiger partial charge in [0.2, 0.25) is 5.91 Å². The van der Waals surface area contributed by atoms with E-state index in [0.717, 1.165) is 58.4 Å². The number of ether oxygens (including phenoxy) is 1. The summed E-state index contributed by atoms with van der Waals surface area (Å²) < 4.78 is 5.07. The Morgan fingerprint density at radius 2 is 1.71 bits per heavy atom. The third-order valence-electron chi connectivity index (χ3n) is 5.09. The van der Waals surface area contributed by atoms with Crippen molar-refractivity contribution >= 4 is 12.0 Å². The Balaban J connectivity index is 1.70. The lowest BCUT2D eigenvalue weighted by atomic mass is 9.92. The lowest BCUT2D eigenvalue weighted by Crippen LogP contribution is -2.50. The van der Waals surface area contributed by atoms with Crippen LogP contribution in [0.5, 0.6) is 0 Å². The average molecular weight is 339 g/mol. The number of piperidine rings is 2. The molecule has 24 heavy (non-hydrogen) atoms. The molecule has 2 heterocycles. The molecule has 0 atom stereocenters. The van der Waals surface area contributed by atoms with E-state index >= 15 is 0 Å². The van der Waals surface area contributed by atoms with Crippen molar-refractivity contribution in [2.75, 3.05) is 39.3 Å². The molecule has 0 aliphatic carbocycles. The van der Waals surface area contributed by atoms with Crippen molar-refractivity contribution in [2.45, 2.75) is 52.5 Å². The van der Waals surface area contributed by atoms with Gasteiger partial charge in [0.25, 0.3) is 0 Å². The second-order valence-corrected chi connectivity index (χ2v) is 7.37. The van der Waals surface area contributed by atoms with Crippen LogP contribution in [-0.2, 0) is 9.53 Å². The number of likely N-dealkylation sites (tertiary alicyclic amines) is 2. The first-order valence-electron chi connectivity index (χ1n) is 9.44. The molecule has 0 spiro atoms. The number of nitrogens with zero attached hydrogens (tertiary/aromatic N) is 2. The van der Waals surface area contributed by atoms with E-state index in [9.17, 15) is 9.59 Å². The summed E-state index contributed by atoms with van der Waals surface area (Å²) in [5.41, 5.74) is 0. The number of hydrogen-bond donors (Lipinski definition) is 1. The number of nitrogens with one attached hydrogen (secondary N) is 1. The Morgan fingerprint density at radius 1 is 1.08 bits per heavy atom. The van der Waals surface area contributed by atoms with Crippen molar-refractivity contribution in [3.63, 3.8) is 0 Å². The molecule has 0 aromatic rings. The fourth-order valence-corrected chi connectivity index (χ4v) is 3.60. The standard InChI is InChI=1S/C18H33N3O3/c1-4-24-18(23)21-11-7-16(8-12-21)20-9-5-15(6-10-20)17(22)19-13-14(2)3/h14-16H,4-13H2,1-3H3,(H,19,22). The maximum absolute atomic E-state index is 12.2. The van der Waals surface area contributed by atoms with Crippen LogP contribution < -0.4 is 5.32 Å². The Morgan fingerprint density at radius 3 is 2.25 bits per heavy atom. The summed E-state index contributed by atoms with van der Waals surface area (Å²) in [7, 11) is 0. The van der Waals surface area contributed by atoms with Crippen molar-refractivity contribution in [3.05, 3.63) is 0 Å². The predicted molar refractivity (Wildman–Crippen MR) is 93.8 cm³/mol. The molecule has 0 radical (unpaired) electrons. The number of rotatable bonds is 5. The molecule has 0 saturated carbocycles. The third-order valence-corrected chi connectivity index (χ3v) is 5.09. The quantitative estimate of drug-likeness (QED) is 0.833. The maximum Gasteiger partial charge on any atom is 0.409 e. The zero-order chi connectivity index (χ0) is 17.5.